The van der Waals surface area contributed by atoms with Crippen LogP contribution in [0.1, 0.15) is 6.42 Å². The van der Waals surface area contributed by atoms with Crippen molar-refractivity contribution in [2.24, 2.45) is 5.92 Å². The molecule has 0 aromatic rings. The normalized spacial score (nSPS) is 15.3. The first kappa shape index (κ1) is 20.5. The van der Waals surface area contributed by atoms with Crippen LogP contribution in [0.3, 0.4) is 0 Å². The fraction of sp³-hybridized carbons (Fsp3) is 0.500. The third-order valence-corrected chi connectivity index (χ3v) is 2.61. The first-order valence-corrected chi connectivity index (χ1v) is 6.13. The average Bonchev–Trinajstić information content (AvgIpc) is 2.46. The Hall–Kier alpha value is -2.50. The van der Waals surface area contributed by atoms with E-state index in [1.54, 1.807) is 0 Å². The molecule has 0 spiro atoms. The fourth-order valence-electron chi connectivity index (χ4n) is 1.35. The van der Waals surface area contributed by atoms with Crippen molar-refractivity contribution in [2.45, 2.75) is 18.6 Å². The second-order valence-electron chi connectivity index (χ2n) is 4.36. The zero-order valence-electron chi connectivity index (χ0n) is 11.7. The standard InChI is InChI=1S/C12H16O11/c13-3-7(14)8(15)4-23-12(22)6(11(20)21)1-5(10(18)19)2-9(16)17/h2,6-8,13-15H,1,3-4H2,(H,16,17)(H,18,19)(H,20,21)/t6?,7-,8+/m1/s1. The Labute approximate surface area is 129 Å². The van der Waals surface area contributed by atoms with Gasteiger partial charge in [-0.15, -0.1) is 0 Å². The number of carboxylic acid groups (broad SMARTS) is 3. The number of esters is 1. The van der Waals surface area contributed by atoms with Crippen molar-refractivity contribution in [1.82, 2.24) is 0 Å². The van der Waals surface area contributed by atoms with Gasteiger partial charge in [-0.25, -0.2) is 9.59 Å². The fourth-order valence-corrected chi connectivity index (χ4v) is 1.35. The van der Waals surface area contributed by atoms with Crippen LogP contribution in [0.5, 0.6) is 0 Å². The second kappa shape index (κ2) is 9.50. The van der Waals surface area contributed by atoms with Gasteiger partial charge in [0, 0.05) is 18.1 Å². The van der Waals surface area contributed by atoms with E-state index >= 15 is 0 Å². The van der Waals surface area contributed by atoms with Gasteiger partial charge in [0.05, 0.1) is 6.61 Å². The van der Waals surface area contributed by atoms with Crippen LogP contribution < -0.4 is 0 Å². The van der Waals surface area contributed by atoms with Crippen LogP contribution in [0.25, 0.3) is 0 Å². The molecule has 0 aliphatic carbocycles. The van der Waals surface area contributed by atoms with Gasteiger partial charge in [-0.1, -0.05) is 0 Å². The minimum absolute atomic E-state index is 0.246. The molecular weight excluding hydrogens is 320 g/mol. The van der Waals surface area contributed by atoms with E-state index in [0.717, 1.165) is 0 Å². The first-order chi connectivity index (χ1) is 10.6. The number of carboxylic acids is 3. The van der Waals surface area contributed by atoms with Crippen molar-refractivity contribution in [3.05, 3.63) is 11.6 Å². The third-order valence-electron chi connectivity index (χ3n) is 2.61. The molecule has 11 heteroatoms. The molecule has 0 aliphatic heterocycles. The van der Waals surface area contributed by atoms with Crippen LogP contribution in [0.4, 0.5) is 0 Å². The summed E-state index contributed by atoms with van der Waals surface area (Å²) in [7, 11) is 0. The number of rotatable bonds is 10. The maximum Gasteiger partial charge on any atom is 0.331 e. The molecule has 0 bridgehead atoms. The Morgan fingerprint density at radius 1 is 1.00 bits per heavy atom. The molecule has 6 N–H and O–H groups in total. The van der Waals surface area contributed by atoms with E-state index in [4.69, 9.17) is 25.5 Å². The zero-order chi connectivity index (χ0) is 18.2. The number of aliphatic hydroxyl groups is 3. The Kier molecular flexibility index (Phi) is 8.47. The predicted octanol–water partition coefficient (Wildman–Crippen LogP) is -2.57. The van der Waals surface area contributed by atoms with Crippen molar-refractivity contribution in [1.29, 1.82) is 0 Å². The van der Waals surface area contributed by atoms with Crippen molar-refractivity contribution < 1.29 is 54.6 Å². The predicted molar refractivity (Wildman–Crippen MR) is 69.2 cm³/mol. The smallest absolute Gasteiger partial charge is 0.331 e. The van der Waals surface area contributed by atoms with E-state index in [9.17, 15) is 24.3 Å². The SMILES string of the molecule is O=C(O)C=C(CC(C(=O)O)C(=O)OC[C@H](O)[C@H](O)CO)C(=O)O. The van der Waals surface area contributed by atoms with Crippen molar-refractivity contribution >= 4 is 23.9 Å². The monoisotopic (exact) mass is 336 g/mol. The average molecular weight is 336 g/mol. The number of aliphatic carboxylic acids is 3. The molecular formula is C12H16O11. The lowest BCUT2D eigenvalue weighted by Crippen LogP contribution is -2.36. The molecule has 0 radical (unpaired) electrons. The summed E-state index contributed by atoms with van der Waals surface area (Å²) >= 11 is 0. The molecule has 1 unspecified atom stereocenters. The summed E-state index contributed by atoms with van der Waals surface area (Å²) in [5.74, 6) is -8.57. The molecule has 0 saturated carbocycles. The van der Waals surface area contributed by atoms with Gasteiger partial charge in [-0.3, -0.25) is 9.59 Å². The Bertz CT molecular complexity index is 495. The lowest BCUT2D eigenvalue weighted by Gasteiger charge is -2.17. The maximum absolute atomic E-state index is 11.6. The molecule has 11 nitrogen and oxygen atoms in total. The van der Waals surface area contributed by atoms with Crippen molar-refractivity contribution in [2.75, 3.05) is 13.2 Å². The first-order valence-electron chi connectivity index (χ1n) is 6.13. The quantitative estimate of drug-likeness (QED) is 0.139. The van der Waals surface area contributed by atoms with Crippen LogP contribution in [0.2, 0.25) is 0 Å². The van der Waals surface area contributed by atoms with Gasteiger partial charge in [-0.05, 0) is 0 Å². The van der Waals surface area contributed by atoms with E-state index in [1.165, 1.54) is 0 Å². The molecule has 3 atom stereocenters. The molecule has 0 aromatic carbocycles. The number of hydrogen-bond acceptors (Lipinski definition) is 8. The number of ether oxygens (including phenoxy) is 1. The molecule has 0 amide bonds. The molecule has 0 aromatic heterocycles. The maximum atomic E-state index is 11.6. The summed E-state index contributed by atoms with van der Waals surface area (Å²) in [6.07, 6.45) is -4.00. The van der Waals surface area contributed by atoms with Crippen LogP contribution in [-0.4, -0.2) is 79.9 Å². The molecule has 0 fully saturated rings. The highest BCUT2D eigenvalue weighted by atomic mass is 16.5. The number of hydrogen-bond donors (Lipinski definition) is 6. The second-order valence-corrected chi connectivity index (χ2v) is 4.36. The van der Waals surface area contributed by atoms with E-state index in [0.29, 0.717) is 0 Å². The Morgan fingerprint density at radius 2 is 1.57 bits per heavy atom. The van der Waals surface area contributed by atoms with Crippen molar-refractivity contribution in [3.63, 3.8) is 0 Å². The van der Waals surface area contributed by atoms with Gasteiger partial charge in [-0.2, -0.15) is 0 Å². The van der Waals surface area contributed by atoms with Gasteiger partial charge in [0.25, 0.3) is 0 Å². The van der Waals surface area contributed by atoms with Crippen LogP contribution in [0, 0.1) is 5.92 Å². The van der Waals surface area contributed by atoms with E-state index in [2.05, 4.69) is 4.74 Å². The summed E-state index contributed by atoms with van der Waals surface area (Å²) in [4.78, 5) is 43.9. The highest BCUT2D eigenvalue weighted by Gasteiger charge is 2.32. The van der Waals surface area contributed by atoms with E-state index < -0.39 is 67.2 Å². The summed E-state index contributed by atoms with van der Waals surface area (Å²) in [5, 5.41) is 53.0. The molecule has 0 saturated heterocycles. The summed E-state index contributed by atoms with van der Waals surface area (Å²) in [6.45, 7) is -1.67. The lowest BCUT2D eigenvalue weighted by atomic mass is 9.99. The van der Waals surface area contributed by atoms with E-state index in [-0.39, 0.29) is 6.08 Å². The van der Waals surface area contributed by atoms with Gasteiger partial charge in [0.2, 0.25) is 0 Å². The summed E-state index contributed by atoms with van der Waals surface area (Å²) in [5.41, 5.74) is -0.835. The topological polar surface area (TPSA) is 199 Å². The van der Waals surface area contributed by atoms with Crippen LogP contribution >= 0.6 is 0 Å². The van der Waals surface area contributed by atoms with Crippen LogP contribution in [0.15, 0.2) is 11.6 Å². The third kappa shape index (κ3) is 7.35. The molecule has 0 heterocycles. The van der Waals surface area contributed by atoms with Gasteiger partial charge in [0.1, 0.15) is 18.8 Å². The largest absolute Gasteiger partial charge is 0.481 e. The zero-order valence-corrected chi connectivity index (χ0v) is 11.7. The number of carbonyl (C=O) groups is 4. The van der Waals surface area contributed by atoms with Gasteiger partial charge < -0.3 is 35.4 Å². The van der Waals surface area contributed by atoms with E-state index in [1.807, 2.05) is 0 Å². The molecule has 0 aliphatic rings. The molecule has 130 valence electrons. The Morgan fingerprint density at radius 3 is 1.96 bits per heavy atom. The Balaban J connectivity index is 4.98. The number of carbonyl (C=O) groups excluding carboxylic acids is 1. The highest BCUT2D eigenvalue weighted by Crippen LogP contribution is 2.15. The van der Waals surface area contributed by atoms with Gasteiger partial charge >= 0.3 is 23.9 Å². The minimum Gasteiger partial charge on any atom is -0.481 e. The van der Waals surface area contributed by atoms with Crippen molar-refractivity contribution in [3.8, 4) is 0 Å². The van der Waals surface area contributed by atoms with Gasteiger partial charge in [0.15, 0.2) is 5.92 Å². The molecule has 0 rings (SSSR count). The lowest BCUT2D eigenvalue weighted by molar-refractivity contribution is -0.162. The minimum atomic E-state index is -2.02. The van der Waals surface area contributed by atoms with Crippen LogP contribution in [-0.2, 0) is 23.9 Å². The highest BCUT2D eigenvalue weighted by molar-refractivity contribution is 5.99. The number of aliphatic hydroxyl groups excluding tert-OH is 3. The summed E-state index contributed by atoms with van der Waals surface area (Å²) in [6, 6.07) is 0. The summed E-state index contributed by atoms with van der Waals surface area (Å²) < 4.78 is 4.43. The molecule has 23 heavy (non-hydrogen) atoms.